The van der Waals surface area contributed by atoms with Gasteiger partial charge in [-0.05, 0) is 49.2 Å². The third-order valence-corrected chi connectivity index (χ3v) is 7.27. The summed E-state index contributed by atoms with van der Waals surface area (Å²) in [6, 6.07) is 6.81. The van der Waals surface area contributed by atoms with Gasteiger partial charge in [-0.25, -0.2) is 22.0 Å². The standard InChI is InChI=1S/C16H17N3O7S2/c1-10-7-11-8-12(27(17,22)23)3-5-14(11)18(10)28(24,25)13-4-6-16(26-2)15(9-13)19(20)21/h3-6,8-10H,7H2,1-2H3,(H2,17,22,23). The lowest BCUT2D eigenvalue weighted by atomic mass is 10.1. The van der Waals surface area contributed by atoms with Crippen molar-refractivity contribution in [3.63, 3.8) is 0 Å². The van der Waals surface area contributed by atoms with Gasteiger partial charge in [0, 0.05) is 12.1 Å². The Labute approximate surface area is 161 Å². The molecule has 12 heteroatoms. The van der Waals surface area contributed by atoms with Crippen molar-refractivity contribution in [3.05, 3.63) is 52.1 Å². The zero-order valence-corrected chi connectivity index (χ0v) is 16.5. The second-order valence-electron chi connectivity index (χ2n) is 6.28. The first-order chi connectivity index (χ1) is 13.0. The van der Waals surface area contributed by atoms with Gasteiger partial charge in [0.15, 0.2) is 5.75 Å². The van der Waals surface area contributed by atoms with Gasteiger partial charge in [-0.1, -0.05) is 0 Å². The van der Waals surface area contributed by atoms with E-state index in [9.17, 15) is 26.9 Å². The normalized spacial score (nSPS) is 16.7. The maximum Gasteiger partial charge on any atom is 0.312 e. The molecule has 0 aromatic heterocycles. The Balaban J connectivity index is 2.12. The van der Waals surface area contributed by atoms with Gasteiger partial charge >= 0.3 is 5.69 Å². The van der Waals surface area contributed by atoms with E-state index < -0.39 is 36.7 Å². The fourth-order valence-electron chi connectivity index (χ4n) is 3.21. The molecule has 1 aliphatic heterocycles. The van der Waals surface area contributed by atoms with E-state index in [2.05, 4.69) is 0 Å². The van der Waals surface area contributed by atoms with Crippen LogP contribution in [0.2, 0.25) is 0 Å². The molecule has 0 bridgehead atoms. The van der Waals surface area contributed by atoms with Crippen LogP contribution in [0.4, 0.5) is 11.4 Å². The van der Waals surface area contributed by atoms with Gasteiger partial charge in [0.25, 0.3) is 10.0 Å². The lowest BCUT2D eigenvalue weighted by molar-refractivity contribution is -0.386. The van der Waals surface area contributed by atoms with Crippen LogP contribution in [0, 0.1) is 10.1 Å². The molecule has 1 aliphatic rings. The Morgan fingerprint density at radius 2 is 1.79 bits per heavy atom. The second kappa shape index (κ2) is 6.72. The lowest BCUT2D eigenvalue weighted by Gasteiger charge is -2.24. The average molecular weight is 427 g/mol. The number of ether oxygens (including phenoxy) is 1. The Hall–Kier alpha value is -2.70. The molecule has 0 aliphatic carbocycles. The average Bonchev–Trinajstić information content (AvgIpc) is 2.95. The molecule has 150 valence electrons. The molecular weight excluding hydrogens is 410 g/mol. The van der Waals surface area contributed by atoms with Gasteiger partial charge in [0.05, 0.1) is 27.5 Å². The van der Waals surface area contributed by atoms with Crippen LogP contribution in [0.1, 0.15) is 12.5 Å². The van der Waals surface area contributed by atoms with Crippen molar-refractivity contribution in [2.24, 2.45) is 5.14 Å². The third-order valence-electron chi connectivity index (χ3n) is 4.44. The molecule has 0 radical (unpaired) electrons. The Morgan fingerprint density at radius 1 is 1.14 bits per heavy atom. The topological polar surface area (TPSA) is 150 Å². The number of rotatable bonds is 5. The molecule has 0 fully saturated rings. The van der Waals surface area contributed by atoms with E-state index in [1.54, 1.807) is 6.92 Å². The van der Waals surface area contributed by atoms with Gasteiger partial charge in [0.2, 0.25) is 10.0 Å². The predicted molar refractivity (Wildman–Crippen MR) is 100 cm³/mol. The van der Waals surface area contributed by atoms with E-state index in [1.165, 1.54) is 37.4 Å². The zero-order chi connectivity index (χ0) is 20.9. The van der Waals surface area contributed by atoms with Crippen LogP contribution in [0.25, 0.3) is 0 Å². The minimum absolute atomic E-state index is 0.0587. The maximum atomic E-state index is 13.2. The van der Waals surface area contributed by atoms with E-state index in [1.807, 2.05) is 0 Å². The van der Waals surface area contributed by atoms with Crippen molar-refractivity contribution in [3.8, 4) is 5.75 Å². The molecule has 0 spiro atoms. The van der Waals surface area contributed by atoms with Gasteiger partial charge in [0.1, 0.15) is 0 Å². The summed E-state index contributed by atoms with van der Waals surface area (Å²) >= 11 is 0. The molecule has 2 aromatic carbocycles. The summed E-state index contributed by atoms with van der Waals surface area (Å²) in [5.41, 5.74) is 0.337. The molecule has 1 atom stereocenters. The number of hydrogen-bond donors (Lipinski definition) is 1. The molecular formula is C16H17N3O7S2. The minimum Gasteiger partial charge on any atom is -0.490 e. The Morgan fingerprint density at radius 3 is 2.36 bits per heavy atom. The van der Waals surface area contributed by atoms with Gasteiger partial charge in [-0.3, -0.25) is 14.4 Å². The molecule has 2 aromatic rings. The number of sulfonamides is 2. The molecule has 10 nitrogen and oxygen atoms in total. The Bertz CT molecular complexity index is 1180. The lowest BCUT2D eigenvalue weighted by Crippen LogP contribution is -2.35. The quantitative estimate of drug-likeness (QED) is 0.559. The summed E-state index contributed by atoms with van der Waals surface area (Å²) in [7, 11) is -6.82. The second-order valence-corrected chi connectivity index (χ2v) is 9.66. The number of primary sulfonamides is 1. The van der Waals surface area contributed by atoms with E-state index in [0.29, 0.717) is 11.3 Å². The number of nitrogens with two attached hydrogens (primary N) is 1. The monoisotopic (exact) mass is 427 g/mol. The first-order valence-corrected chi connectivity index (χ1v) is 11.0. The highest BCUT2D eigenvalue weighted by molar-refractivity contribution is 7.93. The number of benzene rings is 2. The number of methoxy groups -OCH3 is 1. The summed E-state index contributed by atoms with van der Waals surface area (Å²) in [4.78, 5) is 10.1. The number of nitro groups is 1. The molecule has 0 amide bonds. The summed E-state index contributed by atoms with van der Waals surface area (Å²) in [6.07, 6.45) is 0.274. The van der Waals surface area contributed by atoms with Crippen LogP contribution in [0.5, 0.6) is 5.75 Å². The van der Waals surface area contributed by atoms with Crippen molar-refractivity contribution in [2.45, 2.75) is 29.2 Å². The molecule has 28 heavy (non-hydrogen) atoms. The zero-order valence-electron chi connectivity index (χ0n) is 14.9. The highest BCUT2D eigenvalue weighted by Crippen LogP contribution is 2.39. The first-order valence-electron chi connectivity index (χ1n) is 7.99. The summed E-state index contributed by atoms with van der Waals surface area (Å²) in [5, 5.41) is 16.4. The number of fused-ring (bicyclic) bond motifs is 1. The maximum absolute atomic E-state index is 13.2. The van der Waals surface area contributed by atoms with Crippen LogP contribution in [0.15, 0.2) is 46.2 Å². The molecule has 1 heterocycles. The van der Waals surface area contributed by atoms with Crippen molar-refractivity contribution in [1.82, 2.24) is 0 Å². The van der Waals surface area contributed by atoms with E-state index in [0.717, 1.165) is 10.4 Å². The summed E-state index contributed by atoms with van der Waals surface area (Å²) < 4.78 is 55.5. The number of nitrogens with zero attached hydrogens (tertiary/aromatic N) is 2. The first kappa shape index (κ1) is 20.0. The summed E-state index contributed by atoms with van der Waals surface area (Å²) in [6.45, 7) is 1.66. The summed E-state index contributed by atoms with van der Waals surface area (Å²) in [5.74, 6) is -0.0587. The predicted octanol–water partition coefficient (Wildman–Crippen LogP) is 1.39. The SMILES string of the molecule is COc1ccc(S(=O)(=O)N2c3ccc(S(N)(=O)=O)cc3CC2C)cc1[N+](=O)[O-]. The number of nitro benzene ring substituents is 1. The fraction of sp³-hybridized carbons (Fsp3) is 0.250. The molecule has 0 saturated carbocycles. The van der Waals surface area contributed by atoms with Crippen LogP contribution >= 0.6 is 0 Å². The van der Waals surface area contributed by atoms with Crippen LogP contribution in [0.3, 0.4) is 0 Å². The molecule has 2 N–H and O–H groups in total. The van der Waals surface area contributed by atoms with E-state index in [-0.39, 0.29) is 22.0 Å². The third kappa shape index (κ3) is 3.30. The highest BCUT2D eigenvalue weighted by atomic mass is 32.2. The van der Waals surface area contributed by atoms with Gasteiger partial charge in [-0.2, -0.15) is 0 Å². The van der Waals surface area contributed by atoms with Gasteiger partial charge in [-0.15, -0.1) is 0 Å². The van der Waals surface area contributed by atoms with Crippen molar-refractivity contribution < 1.29 is 26.5 Å². The highest BCUT2D eigenvalue weighted by Gasteiger charge is 2.37. The number of hydrogen-bond acceptors (Lipinski definition) is 7. The minimum atomic E-state index is -4.14. The molecule has 3 rings (SSSR count). The van der Waals surface area contributed by atoms with Crippen molar-refractivity contribution in [2.75, 3.05) is 11.4 Å². The molecule has 0 saturated heterocycles. The van der Waals surface area contributed by atoms with E-state index >= 15 is 0 Å². The largest absolute Gasteiger partial charge is 0.490 e. The van der Waals surface area contributed by atoms with Gasteiger partial charge < -0.3 is 4.74 Å². The van der Waals surface area contributed by atoms with E-state index in [4.69, 9.17) is 9.88 Å². The van der Waals surface area contributed by atoms with Crippen LogP contribution in [-0.2, 0) is 26.5 Å². The fourth-order valence-corrected chi connectivity index (χ4v) is 5.49. The number of anilines is 1. The van der Waals surface area contributed by atoms with Crippen molar-refractivity contribution in [1.29, 1.82) is 0 Å². The Kier molecular flexibility index (Phi) is 4.81. The van der Waals surface area contributed by atoms with Crippen LogP contribution < -0.4 is 14.2 Å². The van der Waals surface area contributed by atoms with Crippen LogP contribution in [-0.4, -0.2) is 34.9 Å². The molecule has 1 unspecified atom stereocenters. The smallest absolute Gasteiger partial charge is 0.312 e. The van der Waals surface area contributed by atoms with Crippen molar-refractivity contribution >= 4 is 31.4 Å².